The molecule has 0 rings (SSSR count). The van der Waals surface area contributed by atoms with Crippen molar-refractivity contribution in [2.75, 3.05) is 0 Å². The molecule has 0 fully saturated rings. The second-order valence-electron chi connectivity index (χ2n) is 0.637. The third-order valence-corrected chi connectivity index (χ3v) is 0.599. The lowest BCUT2D eigenvalue weighted by Gasteiger charge is -1.81. The summed E-state index contributed by atoms with van der Waals surface area (Å²) in [6.07, 6.45) is 0. The van der Waals surface area contributed by atoms with Crippen LogP contribution in [-0.4, -0.2) is 26.9 Å². The zero-order chi connectivity index (χ0) is 4.28. The van der Waals surface area contributed by atoms with Crippen molar-refractivity contribution in [3.63, 3.8) is 0 Å². The van der Waals surface area contributed by atoms with E-state index in [1.165, 1.54) is 7.06 Å². The van der Waals surface area contributed by atoms with Crippen LogP contribution in [0.25, 0.3) is 0 Å². The molecule has 0 heterocycles. The first-order valence-corrected chi connectivity index (χ1v) is 2.46. The van der Waals surface area contributed by atoms with E-state index in [9.17, 15) is 0 Å². The van der Waals surface area contributed by atoms with Crippen molar-refractivity contribution in [3.8, 4) is 0 Å². The maximum absolute atomic E-state index is 5.10. The van der Waals surface area contributed by atoms with Gasteiger partial charge in [0.25, 0.3) is 0 Å². The average Bonchev–Trinajstić information content (AvgIpc) is 1.38. The zero-order valence-corrected chi connectivity index (χ0v) is 4.84. The molecule has 0 saturated heterocycles. The molecule has 0 nitrogen and oxygen atoms in total. The highest BCUT2D eigenvalue weighted by atomic mass is 127. The van der Waals surface area contributed by atoms with Gasteiger partial charge in [0, 0.05) is 22.5 Å². The van der Waals surface area contributed by atoms with Gasteiger partial charge in [-0.15, -0.1) is 0 Å². The van der Waals surface area contributed by atoms with E-state index in [-0.39, 0.29) is 4.35 Å². The Morgan fingerprint density at radius 3 is 2.00 bits per heavy atom. The predicted octanol–water partition coefficient (Wildman–Crippen LogP) is -0.638. The van der Waals surface area contributed by atoms with Crippen LogP contribution in [0, 0.1) is 0 Å². The van der Waals surface area contributed by atoms with Gasteiger partial charge >= 0.3 is 0 Å². The summed E-state index contributed by atoms with van der Waals surface area (Å²) < 4.78 is 0.00704. The number of rotatable bonds is 1. The molecule has 0 spiro atoms. The summed E-state index contributed by atoms with van der Waals surface area (Å²) >= 11 is 2.00. The summed E-state index contributed by atoms with van der Waals surface area (Å²) in [5, 5.41) is 0. The van der Waals surface area contributed by atoms with Crippen molar-refractivity contribution in [2.24, 2.45) is 0 Å². The van der Waals surface area contributed by atoms with Crippen molar-refractivity contribution in [1.82, 2.24) is 0 Å². The first-order valence-electron chi connectivity index (χ1n) is 1.22. The lowest BCUT2D eigenvalue weighted by Crippen LogP contribution is -2.13. The fourth-order valence-electron chi connectivity index (χ4n) is 0. The minimum atomic E-state index is 0.00704. The second-order valence-corrected chi connectivity index (χ2v) is 2.08. The Kier molecular flexibility index (Phi) is 3.82. The van der Waals surface area contributed by atoms with Crippen LogP contribution in [0.1, 0.15) is 0 Å². The van der Waals surface area contributed by atoms with Crippen molar-refractivity contribution in [3.05, 3.63) is 0 Å². The van der Waals surface area contributed by atoms with Gasteiger partial charge < -0.3 is 0 Å². The van der Waals surface area contributed by atoms with E-state index in [1.807, 2.05) is 22.4 Å². The van der Waals surface area contributed by atoms with Crippen molar-refractivity contribution in [1.29, 1.82) is 0 Å². The summed E-state index contributed by atoms with van der Waals surface area (Å²) in [7, 11) is 11.4. The van der Waals surface area contributed by atoms with Crippen LogP contribution in [0.5, 0.6) is 0 Å². The maximum atomic E-state index is 5.10. The molecule has 0 amide bonds. The Morgan fingerprint density at radius 1 is 1.80 bits per heavy atom. The van der Waals surface area contributed by atoms with Gasteiger partial charge in [-0.2, -0.15) is 22.4 Å². The van der Waals surface area contributed by atoms with Gasteiger partial charge in [-0.1, -0.05) is 0 Å². The van der Waals surface area contributed by atoms with E-state index >= 15 is 0 Å². The van der Waals surface area contributed by atoms with Crippen LogP contribution < -0.4 is 0 Å². The van der Waals surface area contributed by atoms with Gasteiger partial charge in [-0.05, 0) is 0 Å². The highest BCUT2D eigenvalue weighted by Crippen LogP contribution is 1.78. The fourth-order valence-corrected chi connectivity index (χ4v) is 0. The Hall–Kier alpha value is 0.990. The zero-order valence-electron chi connectivity index (χ0n) is 2.69. The normalized spacial score (nSPS) is 6.60. The second kappa shape index (κ2) is 3.19. The molecular formula is B4I. The first kappa shape index (κ1) is 5.99. The molecule has 5 radical (unpaired) electrons. The standard InChI is InChI=1S/B4I/c1-3-4(2)5. The van der Waals surface area contributed by atoms with Gasteiger partial charge in [0.15, 0.2) is 0 Å². The minimum absolute atomic E-state index is 0.00704. The fraction of sp³-hybridized carbons (Fsp3) is 0. The van der Waals surface area contributed by atoms with Crippen LogP contribution >= 0.6 is 22.4 Å². The quantitative estimate of drug-likeness (QED) is 0.363. The summed E-state index contributed by atoms with van der Waals surface area (Å²) in [5.74, 6) is 0. The number of hydrogen-bond acceptors (Lipinski definition) is 0. The summed E-state index contributed by atoms with van der Waals surface area (Å²) in [6, 6.07) is 0. The Labute approximate surface area is 49.4 Å². The number of halogens is 1. The van der Waals surface area contributed by atoms with Crippen molar-refractivity contribution in [2.45, 2.75) is 0 Å². The summed E-state index contributed by atoms with van der Waals surface area (Å²) in [6.45, 7) is 0. The monoisotopic (exact) mass is 171 g/mol. The molecule has 0 bridgehead atoms. The van der Waals surface area contributed by atoms with Gasteiger partial charge in [0.1, 0.15) is 4.35 Å². The molecule has 19 valence electrons. The van der Waals surface area contributed by atoms with E-state index in [2.05, 4.69) is 0 Å². The largest absolute Gasteiger partial charge is 0.173 e. The van der Waals surface area contributed by atoms with Crippen molar-refractivity contribution >= 4 is 49.3 Å². The topological polar surface area (TPSA) is 0 Å². The molecular weight excluding hydrogens is 170 g/mol. The molecule has 0 saturated carbocycles. The molecule has 0 aromatic heterocycles. The third-order valence-electron chi connectivity index (χ3n) is 0.184. The lowest BCUT2D eigenvalue weighted by atomic mass is 9.19. The molecule has 5 heteroatoms. The SMILES string of the molecule is [B][B]B([B])I. The number of hydrogen-bond donors (Lipinski definition) is 0. The molecule has 0 atom stereocenters. The molecule has 0 aliphatic carbocycles. The minimum Gasteiger partial charge on any atom is -0.173 e. The highest BCUT2D eigenvalue weighted by Gasteiger charge is 1.89. The molecule has 0 aliphatic heterocycles. The summed E-state index contributed by atoms with van der Waals surface area (Å²) in [5.41, 5.74) is 0. The molecule has 0 aromatic rings. The Bertz CT molecular complexity index is 17.6. The van der Waals surface area contributed by atoms with Crippen LogP contribution in [0.2, 0.25) is 0 Å². The van der Waals surface area contributed by atoms with Crippen LogP contribution in [0.3, 0.4) is 0 Å². The molecule has 0 unspecified atom stereocenters. The summed E-state index contributed by atoms with van der Waals surface area (Å²) in [4.78, 5) is 0. The van der Waals surface area contributed by atoms with Gasteiger partial charge in [-0.25, -0.2) is 0 Å². The molecule has 0 aliphatic rings. The molecule has 0 aromatic carbocycles. The third kappa shape index (κ3) is 4.99. The van der Waals surface area contributed by atoms with Crippen LogP contribution in [-0.2, 0) is 0 Å². The van der Waals surface area contributed by atoms with E-state index in [4.69, 9.17) is 15.5 Å². The molecule has 5 heavy (non-hydrogen) atoms. The lowest BCUT2D eigenvalue weighted by molar-refractivity contribution is 4.10. The van der Waals surface area contributed by atoms with E-state index in [0.717, 1.165) is 0 Å². The predicted molar refractivity (Wildman–Crippen MR) is 37.0 cm³/mol. The average molecular weight is 170 g/mol. The van der Waals surface area contributed by atoms with E-state index in [1.54, 1.807) is 0 Å². The van der Waals surface area contributed by atoms with Crippen molar-refractivity contribution < 1.29 is 0 Å². The van der Waals surface area contributed by atoms with Gasteiger partial charge in [-0.3, -0.25) is 0 Å². The van der Waals surface area contributed by atoms with Gasteiger partial charge in [0.05, 0.1) is 0 Å². The maximum Gasteiger partial charge on any atom is 0.120 e. The van der Waals surface area contributed by atoms with E-state index < -0.39 is 0 Å². The van der Waals surface area contributed by atoms with Crippen LogP contribution in [0.4, 0.5) is 0 Å². The van der Waals surface area contributed by atoms with Gasteiger partial charge in [0.2, 0.25) is 0 Å². The Morgan fingerprint density at radius 2 is 2.00 bits per heavy atom. The first-order chi connectivity index (χ1) is 2.27. The van der Waals surface area contributed by atoms with E-state index in [0.29, 0.717) is 0 Å². The molecule has 0 N–H and O–H groups in total. The Balaban J connectivity index is 2.54. The smallest absolute Gasteiger partial charge is 0.120 e. The highest BCUT2D eigenvalue weighted by molar-refractivity contribution is 14.1. The van der Waals surface area contributed by atoms with Crippen LogP contribution in [0.15, 0.2) is 0 Å².